The highest BCUT2D eigenvalue weighted by atomic mass is 35.5. The third kappa shape index (κ3) is 3.88. The Balaban J connectivity index is 1.25. The van der Waals surface area contributed by atoms with Gasteiger partial charge in [-0.2, -0.15) is 0 Å². The first-order valence-corrected chi connectivity index (χ1v) is 11.6. The summed E-state index contributed by atoms with van der Waals surface area (Å²) in [6.45, 7) is 2.49. The highest BCUT2D eigenvalue weighted by Gasteiger charge is 2.28. The molecule has 6 nitrogen and oxygen atoms in total. The molecule has 1 aliphatic rings. The summed E-state index contributed by atoms with van der Waals surface area (Å²) in [7, 11) is 0. The molecule has 0 saturated heterocycles. The molecule has 1 amide bonds. The monoisotopic (exact) mass is 486 g/mol. The van der Waals surface area contributed by atoms with Crippen molar-refractivity contribution >= 4 is 39.3 Å². The minimum atomic E-state index is -0.420. The van der Waals surface area contributed by atoms with Gasteiger partial charge in [0.25, 0.3) is 5.91 Å². The van der Waals surface area contributed by atoms with E-state index in [2.05, 4.69) is 32.4 Å². The lowest BCUT2D eigenvalue weighted by atomic mass is 9.93. The lowest BCUT2D eigenvalue weighted by Crippen LogP contribution is -2.23. The van der Waals surface area contributed by atoms with Gasteiger partial charge >= 0.3 is 0 Å². The van der Waals surface area contributed by atoms with Gasteiger partial charge in [-0.1, -0.05) is 23.2 Å². The molecule has 0 spiro atoms. The molecule has 35 heavy (non-hydrogen) atoms. The Bertz CT molecular complexity index is 1630. The fraction of sp³-hybridized carbons (Fsp3) is 0.148. The van der Waals surface area contributed by atoms with Crippen molar-refractivity contribution in [2.45, 2.75) is 19.4 Å². The van der Waals surface area contributed by atoms with Crippen molar-refractivity contribution in [2.75, 3.05) is 6.61 Å². The number of carbonyl (C=O) groups is 1. The van der Waals surface area contributed by atoms with Gasteiger partial charge in [0.2, 0.25) is 5.88 Å². The molecule has 3 aromatic heterocycles. The second-order valence-electron chi connectivity index (χ2n) is 8.76. The molecule has 0 fully saturated rings. The first kappa shape index (κ1) is 21.6. The fourth-order valence-electron chi connectivity index (χ4n) is 4.52. The van der Waals surface area contributed by atoms with Crippen LogP contribution in [-0.4, -0.2) is 27.5 Å². The first-order valence-electron chi connectivity index (χ1n) is 11.2. The van der Waals surface area contributed by atoms with Gasteiger partial charge < -0.3 is 15.0 Å². The molecule has 2 aromatic carbocycles. The molecule has 0 aliphatic carbocycles. The topological polar surface area (TPSA) is 79.9 Å². The number of rotatable bonds is 4. The number of aromatic amines is 1. The number of ether oxygens (including phenoxy) is 1. The van der Waals surface area contributed by atoms with Crippen LogP contribution in [0.5, 0.6) is 5.88 Å². The summed E-state index contributed by atoms with van der Waals surface area (Å²) >= 11 is 6.15. The number of nitrogens with one attached hydrogen (secondary N) is 2. The zero-order valence-corrected chi connectivity index (χ0v) is 19.5. The largest absolute Gasteiger partial charge is 0.476 e. The molecule has 1 unspecified atom stereocenters. The Morgan fingerprint density at radius 2 is 2.09 bits per heavy atom. The number of H-pyrrole nitrogens is 1. The summed E-state index contributed by atoms with van der Waals surface area (Å²) in [4.78, 5) is 24.8. The van der Waals surface area contributed by atoms with Gasteiger partial charge in [0.05, 0.1) is 22.0 Å². The number of halogens is 2. The molecule has 6 rings (SSSR count). The van der Waals surface area contributed by atoms with E-state index >= 15 is 0 Å². The molecule has 5 aromatic rings. The van der Waals surface area contributed by atoms with Crippen LogP contribution < -0.4 is 10.1 Å². The molecular weight excluding hydrogens is 467 g/mol. The van der Waals surface area contributed by atoms with Crippen molar-refractivity contribution in [1.82, 2.24) is 20.3 Å². The number of carbonyl (C=O) groups excluding carboxylic acids is 1. The smallest absolute Gasteiger partial charge is 0.253 e. The number of hydrogen-bond donors (Lipinski definition) is 2. The lowest BCUT2D eigenvalue weighted by molar-refractivity contribution is 0.0950. The Hall–Kier alpha value is -3.97. The van der Waals surface area contributed by atoms with Crippen molar-refractivity contribution in [1.29, 1.82) is 0 Å². The minimum Gasteiger partial charge on any atom is -0.476 e. The zero-order valence-electron chi connectivity index (χ0n) is 18.7. The molecular formula is C27H20ClFN4O2. The van der Waals surface area contributed by atoms with Gasteiger partial charge in [-0.3, -0.25) is 9.78 Å². The molecule has 0 bridgehead atoms. The van der Waals surface area contributed by atoms with E-state index in [1.165, 1.54) is 12.3 Å². The predicted octanol–water partition coefficient (Wildman–Crippen LogP) is 5.67. The quantitative estimate of drug-likeness (QED) is 0.343. The summed E-state index contributed by atoms with van der Waals surface area (Å²) in [5.74, 6) is -0.346. The molecule has 8 heteroatoms. The average molecular weight is 487 g/mol. The van der Waals surface area contributed by atoms with Crippen molar-refractivity contribution in [2.24, 2.45) is 0 Å². The van der Waals surface area contributed by atoms with Crippen LogP contribution in [0.15, 0.2) is 61.1 Å². The van der Waals surface area contributed by atoms with Crippen LogP contribution in [0.3, 0.4) is 0 Å². The summed E-state index contributed by atoms with van der Waals surface area (Å²) in [6, 6.07) is 13.1. The number of hydrogen-bond acceptors (Lipinski definition) is 4. The van der Waals surface area contributed by atoms with Crippen molar-refractivity contribution in [3.8, 4) is 5.88 Å². The maximum absolute atomic E-state index is 14.5. The molecule has 0 saturated carbocycles. The van der Waals surface area contributed by atoms with E-state index in [0.29, 0.717) is 39.5 Å². The molecule has 174 valence electrons. The Kier molecular flexibility index (Phi) is 5.15. The SMILES string of the molecule is Cc1ccc2ncc(C3COc4ncc(C(=O)NCc5cc6c(Cl)c[nH]c6cc5F)cc43)cc2c1. The van der Waals surface area contributed by atoms with Crippen LogP contribution in [0, 0.1) is 12.7 Å². The number of nitrogens with zero attached hydrogens (tertiary/aromatic N) is 2. The van der Waals surface area contributed by atoms with Crippen LogP contribution in [0.2, 0.25) is 5.02 Å². The van der Waals surface area contributed by atoms with Crippen LogP contribution in [0.1, 0.15) is 38.5 Å². The van der Waals surface area contributed by atoms with E-state index in [1.54, 1.807) is 18.3 Å². The molecule has 1 atom stereocenters. The summed E-state index contributed by atoms with van der Waals surface area (Å²) in [5.41, 5.74) is 5.25. The summed E-state index contributed by atoms with van der Waals surface area (Å²) in [6.07, 6.45) is 4.93. The molecule has 2 N–H and O–H groups in total. The third-order valence-corrected chi connectivity index (χ3v) is 6.71. The Morgan fingerprint density at radius 3 is 2.97 bits per heavy atom. The summed E-state index contributed by atoms with van der Waals surface area (Å²) < 4.78 is 20.3. The van der Waals surface area contributed by atoms with Crippen LogP contribution in [0.25, 0.3) is 21.8 Å². The average Bonchev–Trinajstić information content (AvgIpc) is 3.44. The fourth-order valence-corrected chi connectivity index (χ4v) is 4.73. The second-order valence-corrected chi connectivity index (χ2v) is 9.16. The molecule has 1 aliphatic heterocycles. The summed E-state index contributed by atoms with van der Waals surface area (Å²) in [5, 5.41) is 5.04. The number of amides is 1. The van der Waals surface area contributed by atoms with Gasteiger partial charge in [0.15, 0.2) is 0 Å². The van der Waals surface area contributed by atoms with E-state index in [9.17, 15) is 9.18 Å². The van der Waals surface area contributed by atoms with Crippen LogP contribution >= 0.6 is 11.6 Å². The normalized spacial score (nSPS) is 14.8. The van der Waals surface area contributed by atoms with Gasteiger partial charge in [-0.05, 0) is 48.9 Å². The van der Waals surface area contributed by atoms with Gasteiger partial charge in [0.1, 0.15) is 12.4 Å². The molecule has 4 heterocycles. The van der Waals surface area contributed by atoms with Crippen molar-refractivity contribution in [3.63, 3.8) is 0 Å². The van der Waals surface area contributed by atoms with Gasteiger partial charge in [-0.25, -0.2) is 9.37 Å². The van der Waals surface area contributed by atoms with Crippen molar-refractivity contribution < 1.29 is 13.9 Å². The van der Waals surface area contributed by atoms with E-state index < -0.39 is 5.82 Å². The maximum atomic E-state index is 14.5. The highest BCUT2D eigenvalue weighted by molar-refractivity contribution is 6.35. The first-order chi connectivity index (χ1) is 17.0. The lowest BCUT2D eigenvalue weighted by Gasteiger charge is -2.11. The highest BCUT2D eigenvalue weighted by Crippen LogP contribution is 2.37. The van der Waals surface area contributed by atoms with Gasteiger partial charge in [-0.15, -0.1) is 0 Å². The predicted molar refractivity (Wildman–Crippen MR) is 132 cm³/mol. The van der Waals surface area contributed by atoms with E-state index in [1.807, 2.05) is 25.3 Å². The van der Waals surface area contributed by atoms with E-state index in [-0.39, 0.29) is 18.4 Å². The van der Waals surface area contributed by atoms with Crippen LogP contribution in [-0.2, 0) is 6.54 Å². The zero-order chi connectivity index (χ0) is 24.1. The van der Waals surface area contributed by atoms with E-state index in [4.69, 9.17) is 16.3 Å². The van der Waals surface area contributed by atoms with Crippen molar-refractivity contribution in [3.05, 3.63) is 99.7 Å². The second kappa shape index (κ2) is 8.36. The minimum absolute atomic E-state index is 0.0209. The number of benzene rings is 2. The maximum Gasteiger partial charge on any atom is 0.253 e. The Labute approximate surface area is 205 Å². The third-order valence-electron chi connectivity index (χ3n) is 6.40. The number of aromatic nitrogens is 3. The van der Waals surface area contributed by atoms with Crippen LogP contribution in [0.4, 0.5) is 4.39 Å². The standard InChI is InChI=1S/C27H20ClFN4O2/c1-14-2-3-24-15(4-14)5-16(9-30-24)21-13-35-27-19(21)7-18(11-33-27)26(34)32-10-17-6-20-22(28)12-31-25(20)8-23(17)29/h2-9,11-12,21,31H,10,13H2,1H3,(H,32,34). The molecule has 0 radical (unpaired) electrons. The number of pyridine rings is 2. The number of fused-ring (bicyclic) bond motifs is 3. The number of aryl methyl sites for hydroxylation is 1. The van der Waals surface area contributed by atoms with Gasteiger partial charge in [0, 0.05) is 52.6 Å². The Morgan fingerprint density at radius 1 is 1.20 bits per heavy atom. The van der Waals surface area contributed by atoms with E-state index in [0.717, 1.165) is 27.6 Å².